The Bertz CT molecular complexity index is 710. The highest BCUT2D eigenvalue weighted by molar-refractivity contribution is 6.36. The minimum Gasteiger partial charge on any atom is -0.334 e. The van der Waals surface area contributed by atoms with E-state index in [0.29, 0.717) is 27.3 Å². The van der Waals surface area contributed by atoms with Crippen molar-refractivity contribution in [2.45, 2.75) is 0 Å². The van der Waals surface area contributed by atoms with Gasteiger partial charge in [0.1, 0.15) is 0 Å². The summed E-state index contributed by atoms with van der Waals surface area (Å²) in [7, 11) is 0. The Morgan fingerprint density at radius 1 is 0.947 bits per heavy atom. The van der Waals surface area contributed by atoms with Crippen molar-refractivity contribution in [2.24, 2.45) is 0 Å². The minimum absolute atomic E-state index is 0.445. The van der Waals surface area contributed by atoms with E-state index in [9.17, 15) is 0 Å². The molecule has 1 heterocycles. The second-order valence-corrected chi connectivity index (χ2v) is 4.76. The van der Waals surface area contributed by atoms with Gasteiger partial charge in [-0.15, -0.1) is 0 Å². The van der Waals surface area contributed by atoms with Crippen molar-refractivity contribution in [3.8, 4) is 22.8 Å². The maximum Gasteiger partial charge on any atom is 0.258 e. The zero-order chi connectivity index (χ0) is 13.2. The second kappa shape index (κ2) is 5.03. The number of rotatable bonds is 2. The van der Waals surface area contributed by atoms with Gasteiger partial charge in [0.25, 0.3) is 5.89 Å². The summed E-state index contributed by atoms with van der Waals surface area (Å²) >= 11 is 12.0. The quantitative estimate of drug-likeness (QED) is 0.686. The highest BCUT2D eigenvalue weighted by Gasteiger charge is 2.13. The Hall–Kier alpha value is -1.84. The molecule has 0 N–H and O–H groups in total. The first-order chi connectivity index (χ1) is 9.24. The summed E-state index contributed by atoms with van der Waals surface area (Å²) in [5, 5.41) is 5.00. The normalized spacial score (nSPS) is 10.6. The predicted octanol–water partition coefficient (Wildman–Crippen LogP) is 4.71. The van der Waals surface area contributed by atoms with Crippen molar-refractivity contribution < 1.29 is 4.52 Å². The third kappa shape index (κ3) is 2.48. The van der Waals surface area contributed by atoms with Crippen molar-refractivity contribution in [1.82, 2.24) is 10.1 Å². The van der Waals surface area contributed by atoms with Crippen molar-refractivity contribution in [3.63, 3.8) is 0 Å². The summed E-state index contributed by atoms with van der Waals surface area (Å²) in [5.41, 5.74) is 1.56. The van der Waals surface area contributed by atoms with Gasteiger partial charge in [-0.2, -0.15) is 4.98 Å². The first kappa shape index (κ1) is 12.2. The number of hydrogen-bond acceptors (Lipinski definition) is 3. The van der Waals surface area contributed by atoms with Gasteiger partial charge in [-0.1, -0.05) is 46.6 Å². The molecule has 0 unspecified atom stereocenters. The zero-order valence-electron chi connectivity index (χ0n) is 9.68. The van der Waals surface area contributed by atoms with E-state index >= 15 is 0 Å². The smallest absolute Gasteiger partial charge is 0.258 e. The lowest BCUT2D eigenvalue weighted by Gasteiger charge is -1.98. The lowest BCUT2D eigenvalue weighted by Crippen LogP contribution is -1.82. The number of aromatic nitrogens is 2. The number of halogens is 2. The van der Waals surface area contributed by atoms with Crippen LogP contribution in [0.4, 0.5) is 0 Å². The molecule has 0 saturated carbocycles. The highest BCUT2D eigenvalue weighted by atomic mass is 35.5. The van der Waals surface area contributed by atoms with Crippen LogP contribution in [0.1, 0.15) is 0 Å². The minimum atomic E-state index is 0.445. The van der Waals surface area contributed by atoms with Gasteiger partial charge in [-0.05, 0) is 30.3 Å². The Morgan fingerprint density at radius 3 is 2.47 bits per heavy atom. The fourth-order valence-corrected chi connectivity index (χ4v) is 2.19. The largest absolute Gasteiger partial charge is 0.334 e. The fourth-order valence-electron chi connectivity index (χ4n) is 1.70. The molecule has 0 amide bonds. The van der Waals surface area contributed by atoms with Gasteiger partial charge in [0.05, 0.1) is 5.02 Å². The average Bonchev–Trinajstić information content (AvgIpc) is 2.89. The molecule has 3 aromatic rings. The van der Waals surface area contributed by atoms with Crippen LogP contribution in [0.15, 0.2) is 53.1 Å². The average molecular weight is 291 g/mol. The topological polar surface area (TPSA) is 38.9 Å². The highest BCUT2D eigenvalue weighted by Crippen LogP contribution is 2.29. The van der Waals surface area contributed by atoms with Crippen molar-refractivity contribution in [2.75, 3.05) is 0 Å². The van der Waals surface area contributed by atoms with Crippen LogP contribution in [-0.2, 0) is 0 Å². The molecule has 0 aliphatic heterocycles. The van der Waals surface area contributed by atoms with Gasteiger partial charge in [0.15, 0.2) is 0 Å². The van der Waals surface area contributed by atoms with Gasteiger partial charge >= 0.3 is 0 Å². The molecule has 1 aromatic heterocycles. The first-order valence-corrected chi connectivity index (χ1v) is 6.34. The Morgan fingerprint density at radius 2 is 1.74 bits per heavy atom. The van der Waals surface area contributed by atoms with Crippen LogP contribution in [0.3, 0.4) is 0 Å². The van der Waals surface area contributed by atoms with Crippen molar-refractivity contribution in [3.05, 3.63) is 58.6 Å². The van der Waals surface area contributed by atoms with E-state index in [2.05, 4.69) is 10.1 Å². The molecule has 0 bridgehead atoms. The lowest BCUT2D eigenvalue weighted by molar-refractivity contribution is 0.432. The van der Waals surface area contributed by atoms with Crippen LogP contribution in [-0.4, -0.2) is 10.1 Å². The zero-order valence-corrected chi connectivity index (χ0v) is 11.2. The van der Waals surface area contributed by atoms with Crippen LogP contribution in [0.2, 0.25) is 10.0 Å². The van der Waals surface area contributed by atoms with Gasteiger partial charge in [0.2, 0.25) is 5.82 Å². The summed E-state index contributed by atoms with van der Waals surface area (Å²) in [6.07, 6.45) is 0. The van der Waals surface area contributed by atoms with Gasteiger partial charge in [0, 0.05) is 16.1 Å². The standard InChI is InChI=1S/C14H8Cl2N2O/c15-10-6-7-11(12(16)8-10)13-17-14(19-18-13)9-4-2-1-3-5-9/h1-8H. The number of benzene rings is 2. The van der Waals surface area contributed by atoms with E-state index in [0.717, 1.165) is 5.56 Å². The van der Waals surface area contributed by atoms with Crippen LogP contribution in [0, 0.1) is 0 Å². The monoisotopic (exact) mass is 290 g/mol. The van der Waals surface area contributed by atoms with Gasteiger partial charge in [-0.25, -0.2) is 0 Å². The Balaban J connectivity index is 2.02. The molecule has 0 aliphatic carbocycles. The fraction of sp³-hybridized carbons (Fsp3) is 0. The van der Waals surface area contributed by atoms with Gasteiger partial charge in [-0.3, -0.25) is 0 Å². The van der Waals surface area contributed by atoms with Crippen LogP contribution in [0.5, 0.6) is 0 Å². The maximum atomic E-state index is 6.11. The van der Waals surface area contributed by atoms with Gasteiger partial charge < -0.3 is 4.52 Å². The Kier molecular flexibility index (Phi) is 3.23. The molecule has 0 spiro atoms. The van der Waals surface area contributed by atoms with Crippen molar-refractivity contribution in [1.29, 1.82) is 0 Å². The molecule has 0 fully saturated rings. The number of nitrogens with zero attached hydrogens (tertiary/aromatic N) is 2. The van der Waals surface area contributed by atoms with Crippen LogP contribution in [0.25, 0.3) is 22.8 Å². The lowest BCUT2D eigenvalue weighted by atomic mass is 10.2. The summed E-state index contributed by atoms with van der Waals surface area (Å²) in [6, 6.07) is 14.7. The number of hydrogen-bond donors (Lipinski definition) is 0. The first-order valence-electron chi connectivity index (χ1n) is 5.58. The molecule has 94 valence electrons. The molecule has 2 aromatic carbocycles. The third-order valence-electron chi connectivity index (χ3n) is 2.62. The molecule has 0 aliphatic rings. The summed E-state index contributed by atoms with van der Waals surface area (Å²) in [6.45, 7) is 0. The molecule has 0 atom stereocenters. The molecular formula is C14H8Cl2N2O. The summed E-state index contributed by atoms with van der Waals surface area (Å²) in [4.78, 5) is 4.34. The molecular weight excluding hydrogens is 283 g/mol. The maximum absolute atomic E-state index is 6.11. The molecule has 19 heavy (non-hydrogen) atoms. The van der Waals surface area contributed by atoms with E-state index in [1.807, 2.05) is 30.3 Å². The SMILES string of the molecule is Clc1ccc(-c2noc(-c3ccccc3)n2)c(Cl)c1. The van der Waals surface area contributed by atoms with Crippen LogP contribution >= 0.6 is 23.2 Å². The Labute approximate surface area is 119 Å². The van der Waals surface area contributed by atoms with Crippen LogP contribution < -0.4 is 0 Å². The molecule has 3 nitrogen and oxygen atoms in total. The molecule has 3 rings (SSSR count). The van der Waals surface area contributed by atoms with E-state index in [4.69, 9.17) is 27.7 Å². The van der Waals surface area contributed by atoms with E-state index in [-0.39, 0.29) is 0 Å². The van der Waals surface area contributed by atoms with E-state index in [1.165, 1.54) is 0 Å². The van der Waals surface area contributed by atoms with Crippen molar-refractivity contribution >= 4 is 23.2 Å². The summed E-state index contributed by atoms with van der Waals surface area (Å²) in [5.74, 6) is 0.905. The second-order valence-electron chi connectivity index (χ2n) is 3.91. The molecule has 0 saturated heterocycles. The summed E-state index contributed by atoms with van der Waals surface area (Å²) < 4.78 is 5.24. The molecule has 0 radical (unpaired) electrons. The van der Waals surface area contributed by atoms with E-state index in [1.54, 1.807) is 18.2 Å². The predicted molar refractivity (Wildman–Crippen MR) is 75.2 cm³/mol. The molecule has 5 heteroatoms. The van der Waals surface area contributed by atoms with E-state index < -0.39 is 0 Å². The third-order valence-corrected chi connectivity index (χ3v) is 3.17.